The van der Waals surface area contributed by atoms with E-state index < -0.39 is 5.97 Å². The van der Waals surface area contributed by atoms with Crippen molar-refractivity contribution in [1.82, 2.24) is 10.7 Å². The molecule has 114 valence electrons. The molecule has 0 bridgehead atoms. The lowest BCUT2D eigenvalue weighted by Gasteiger charge is -2.02. The van der Waals surface area contributed by atoms with Gasteiger partial charge in [0.1, 0.15) is 11.5 Å². The number of benzene rings is 1. The molecule has 0 spiro atoms. The van der Waals surface area contributed by atoms with E-state index >= 15 is 0 Å². The fraction of sp³-hybridized carbons (Fsp3) is 0.0714. The van der Waals surface area contributed by atoms with Gasteiger partial charge in [-0.05, 0) is 42.5 Å². The first kappa shape index (κ1) is 16.0. The predicted molar refractivity (Wildman–Crippen MR) is 88.5 cm³/mol. The number of carbonyl (C=O) groups is 1. The van der Waals surface area contributed by atoms with E-state index in [4.69, 9.17) is 33.3 Å². The van der Waals surface area contributed by atoms with E-state index in [1.54, 1.807) is 25.2 Å². The first-order valence-electron chi connectivity index (χ1n) is 6.15. The highest BCUT2D eigenvalue weighted by Gasteiger charge is 2.12. The molecule has 0 saturated heterocycles. The van der Waals surface area contributed by atoms with Gasteiger partial charge in [0.2, 0.25) is 0 Å². The summed E-state index contributed by atoms with van der Waals surface area (Å²) in [5.41, 5.74) is 3.23. The van der Waals surface area contributed by atoms with Gasteiger partial charge >= 0.3 is 5.97 Å². The van der Waals surface area contributed by atoms with Gasteiger partial charge in [-0.25, -0.2) is 4.79 Å². The van der Waals surface area contributed by atoms with Gasteiger partial charge in [0.05, 0.1) is 16.8 Å². The highest BCUT2D eigenvalue weighted by atomic mass is 35.5. The number of thiocarbonyl (C=S) groups is 1. The summed E-state index contributed by atoms with van der Waals surface area (Å²) >= 11 is 10.7. The lowest BCUT2D eigenvalue weighted by molar-refractivity contribution is 0.0697. The molecule has 3 N–H and O–H groups in total. The molecule has 22 heavy (non-hydrogen) atoms. The molecule has 1 aromatic heterocycles. The van der Waals surface area contributed by atoms with E-state index in [1.165, 1.54) is 18.3 Å². The van der Waals surface area contributed by atoms with Crippen LogP contribution in [0.4, 0.5) is 0 Å². The smallest absolute Gasteiger partial charge is 0.337 e. The zero-order valence-corrected chi connectivity index (χ0v) is 13.0. The number of nitrogens with one attached hydrogen (secondary N) is 2. The quantitative estimate of drug-likeness (QED) is 0.452. The lowest BCUT2D eigenvalue weighted by atomic mass is 10.1. The average Bonchev–Trinajstić information content (AvgIpc) is 2.96. The largest absolute Gasteiger partial charge is 0.478 e. The van der Waals surface area contributed by atoms with Gasteiger partial charge in [0.25, 0.3) is 0 Å². The molecule has 2 rings (SSSR count). The second-order valence-electron chi connectivity index (χ2n) is 4.15. The summed E-state index contributed by atoms with van der Waals surface area (Å²) in [6.07, 6.45) is 1.46. The van der Waals surface area contributed by atoms with Gasteiger partial charge in [-0.3, -0.25) is 5.43 Å². The summed E-state index contributed by atoms with van der Waals surface area (Å²) in [5.74, 6) is -0.0880. The average molecular weight is 338 g/mol. The Bertz CT molecular complexity index is 743. The molecule has 1 aromatic carbocycles. The van der Waals surface area contributed by atoms with Crippen molar-refractivity contribution in [1.29, 1.82) is 0 Å². The molecule has 0 unspecified atom stereocenters. The van der Waals surface area contributed by atoms with E-state index in [-0.39, 0.29) is 10.6 Å². The van der Waals surface area contributed by atoms with Crippen molar-refractivity contribution in [2.75, 3.05) is 7.05 Å². The Morgan fingerprint density at radius 3 is 2.86 bits per heavy atom. The Kier molecular flexibility index (Phi) is 5.13. The minimum atomic E-state index is -1.09. The van der Waals surface area contributed by atoms with Crippen molar-refractivity contribution in [3.8, 4) is 11.3 Å². The molecule has 0 aliphatic heterocycles. The number of hydrazone groups is 1. The van der Waals surface area contributed by atoms with Crippen LogP contribution in [0, 0.1) is 0 Å². The first-order chi connectivity index (χ1) is 10.5. The van der Waals surface area contributed by atoms with Crippen LogP contribution >= 0.6 is 23.8 Å². The number of furan rings is 1. The molecule has 2 aromatic rings. The molecule has 1 heterocycles. The van der Waals surface area contributed by atoms with Gasteiger partial charge in [0.15, 0.2) is 5.11 Å². The van der Waals surface area contributed by atoms with Crippen LogP contribution < -0.4 is 10.7 Å². The molecule has 0 aliphatic carbocycles. The zero-order valence-electron chi connectivity index (χ0n) is 11.5. The summed E-state index contributed by atoms with van der Waals surface area (Å²) < 4.78 is 5.57. The summed E-state index contributed by atoms with van der Waals surface area (Å²) in [7, 11) is 1.68. The summed E-state index contributed by atoms with van der Waals surface area (Å²) in [6, 6.07) is 8.08. The van der Waals surface area contributed by atoms with Crippen LogP contribution in [0.25, 0.3) is 11.3 Å². The molecule has 0 aliphatic rings. The molecule has 0 radical (unpaired) electrons. The maximum Gasteiger partial charge on any atom is 0.337 e. The van der Waals surface area contributed by atoms with E-state index in [1.807, 2.05) is 0 Å². The Morgan fingerprint density at radius 1 is 1.41 bits per heavy atom. The Balaban J connectivity index is 2.19. The maximum absolute atomic E-state index is 11.1. The van der Waals surface area contributed by atoms with Crippen molar-refractivity contribution >= 4 is 41.1 Å². The van der Waals surface area contributed by atoms with Crippen molar-refractivity contribution in [3.63, 3.8) is 0 Å². The number of carboxylic acid groups (broad SMARTS) is 1. The standard InChI is InChI=1S/C14H12ClN3O3S/c1-16-14(22)18-17-7-9-3-5-12(21-9)8-2-4-11(15)10(6-8)13(19)20/h2-7H,1H3,(H,19,20)(H2,16,18,22). The van der Waals surface area contributed by atoms with Gasteiger partial charge in [-0.15, -0.1) is 0 Å². The van der Waals surface area contributed by atoms with Crippen LogP contribution in [-0.4, -0.2) is 29.5 Å². The van der Waals surface area contributed by atoms with E-state index in [9.17, 15) is 4.79 Å². The van der Waals surface area contributed by atoms with Crippen molar-refractivity contribution in [2.45, 2.75) is 0 Å². The molecule has 0 atom stereocenters. The van der Waals surface area contributed by atoms with Crippen molar-refractivity contribution in [2.24, 2.45) is 5.10 Å². The molecule has 0 fully saturated rings. The van der Waals surface area contributed by atoms with Crippen LogP contribution in [0.3, 0.4) is 0 Å². The second-order valence-corrected chi connectivity index (χ2v) is 4.97. The first-order valence-corrected chi connectivity index (χ1v) is 6.93. The zero-order chi connectivity index (χ0) is 16.1. The number of halogens is 1. The third-order valence-corrected chi connectivity index (χ3v) is 3.32. The van der Waals surface area contributed by atoms with Gasteiger partial charge in [0, 0.05) is 12.6 Å². The van der Waals surface area contributed by atoms with E-state index in [2.05, 4.69) is 15.8 Å². The summed E-state index contributed by atoms with van der Waals surface area (Å²) in [4.78, 5) is 11.1. The topological polar surface area (TPSA) is 86.9 Å². The number of hydrogen-bond acceptors (Lipinski definition) is 4. The third-order valence-electron chi connectivity index (χ3n) is 2.69. The van der Waals surface area contributed by atoms with Gasteiger partial charge < -0.3 is 14.8 Å². The highest BCUT2D eigenvalue weighted by molar-refractivity contribution is 7.80. The fourth-order valence-electron chi connectivity index (χ4n) is 1.63. The fourth-order valence-corrected chi connectivity index (χ4v) is 1.88. The third kappa shape index (κ3) is 3.84. The molecule has 6 nitrogen and oxygen atoms in total. The second kappa shape index (κ2) is 7.06. The van der Waals surface area contributed by atoms with Crippen LogP contribution in [-0.2, 0) is 0 Å². The van der Waals surface area contributed by atoms with Crippen molar-refractivity contribution in [3.05, 3.63) is 46.7 Å². The van der Waals surface area contributed by atoms with Gasteiger partial charge in [-0.2, -0.15) is 5.10 Å². The number of nitrogens with zero attached hydrogens (tertiary/aromatic N) is 1. The maximum atomic E-state index is 11.1. The molecule has 8 heteroatoms. The summed E-state index contributed by atoms with van der Waals surface area (Å²) in [5, 5.41) is 16.2. The number of carboxylic acids is 1. The number of aromatic carboxylic acids is 1. The lowest BCUT2D eigenvalue weighted by Crippen LogP contribution is -2.28. The molecular weight excluding hydrogens is 326 g/mol. The normalized spacial score (nSPS) is 10.6. The summed E-state index contributed by atoms with van der Waals surface area (Å²) in [6.45, 7) is 0. The van der Waals surface area contributed by atoms with Crippen LogP contribution in [0.2, 0.25) is 5.02 Å². The Labute approximate surface area is 136 Å². The molecular formula is C14H12ClN3O3S. The van der Waals surface area contributed by atoms with E-state index in [0.717, 1.165) is 0 Å². The van der Waals surface area contributed by atoms with Crippen LogP contribution in [0.1, 0.15) is 16.1 Å². The Hall–Kier alpha value is -2.38. The molecule has 0 amide bonds. The van der Waals surface area contributed by atoms with Crippen molar-refractivity contribution < 1.29 is 14.3 Å². The number of hydrogen-bond donors (Lipinski definition) is 3. The minimum absolute atomic E-state index is 0.0202. The number of rotatable bonds is 4. The van der Waals surface area contributed by atoms with E-state index in [0.29, 0.717) is 22.2 Å². The van der Waals surface area contributed by atoms with Gasteiger partial charge in [-0.1, -0.05) is 11.6 Å². The Morgan fingerprint density at radius 2 is 2.18 bits per heavy atom. The monoisotopic (exact) mass is 337 g/mol. The SMILES string of the molecule is CNC(=S)NN=Cc1ccc(-c2ccc(Cl)c(C(=O)O)c2)o1. The highest BCUT2D eigenvalue weighted by Crippen LogP contribution is 2.26. The van der Waals surface area contributed by atoms with Crippen LogP contribution in [0.15, 0.2) is 39.9 Å². The molecule has 0 saturated carbocycles. The van der Waals surface area contributed by atoms with Crippen LogP contribution in [0.5, 0.6) is 0 Å². The minimum Gasteiger partial charge on any atom is -0.478 e. The predicted octanol–water partition coefficient (Wildman–Crippen LogP) is 2.73.